The Hall–Kier alpha value is -2.07. The van der Waals surface area contributed by atoms with Gasteiger partial charge in [0.25, 0.3) is 0 Å². The van der Waals surface area contributed by atoms with E-state index in [-0.39, 0.29) is 18.7 Å². The Kier molecular flexibility index (Phi) is 4.58. The summed E-state index contributed by atoms with van der Waals surface area (Å²) in [5.74, 6) is 0.203. The van der Waals surface area contributed by atoms with Gasteiger partial charge in [-0.05, 0) is 35.4 Å². The molecule has 20 heavy (non-hydrogen) atoms. The summed E-state index contributed by atoms with van der Waals surface area (Å²) in [4.78, 5) is 11.8. The van der Waals surface area contributed by atoms with Crippen molar-refractivity contribution in [3.8, 4) is 5.75 Å². The third kappa shape index (κ3) is 3.08. The predicted molar refractivity (Wildman–Crippen MR) is 76.9 cm³/mol. The standard InChI is InChI=1S/C16H18O4/c1-11(16(17)20-10-18-2)12-4-5-14-9-15(19-3)7-6-13(14)8-12/h4-9,11H,10H2,1-3H3. The van der Waals surface area contributed by atoms with Gasteiger partial charge in [-0.15, -0.1) is 0 Å². The number of hydrogen-bond acceptors (Lipinski definition) is 4. The van der Waals surface area contributed by atoms with Gasteiger partial charge in [-0.25, -0.2) is 0 Å². The van der Waals surface area contributed by atoms with Gasteiger partial charge < -0.3 is 14.2 Å². The fourth-order valence-electron chi connectivity index (χ4n) is 2.02. The van der Waals surface area contributed by atoms with Crippen molar-refractivity contribution in [2.75, 3.05) is 21.0 Å². The minimum absolute atomic E-state index is 0.0199. The number of methoxy groups -OCH3 is 2. The Morgan fingerprint density at radius 1 is 1.10 bits per heavy atom. The van der Waals surface area contributed by atoms with Gasteiger partial charge in [0, 0.05) is 7.11 Å². The number of hydrogen-bond donors (Lipinski definition) is 0. The molecule has 4 nitrogen and oxygen atoms in total. The largest absolute Gasteiger partial charge is 0.497 e. The topological polar surface area (TPSA) is 44.8 Å². The molecule has 0 amide bonds. The molecule has 0 aliphatic rings. The molecule has 0 spiro atoms. The lowest BCUT2D eigenvalue weighted by Crippen LogP contribution is -2.14. The van der Waals surface area contributed by atoms with Crippen molar-refractivity contribution in [3.63, 3.8) is 0 Å². The lowest BCUT2D eigenvalue weighted by atomic mass is 9.98. The minimum atomic E-state index is -0.323. The molecular weight excluding hydrogens is 256 g/mol. The Morgan fingerprint density at radius 3 is 2.50 bits per heavy atom. The summed E-state index contributed by atoms with van der Waals surface area (Å²) in [7, 11) is 3.13. The minimum Gasteiger partial charge on any atom is -0.497 e. The highest BCUT2D eigenvalue weighted by atomic mass is 16.7. The Bertz CT molecular complexity index is 606. The first-order valence-corrected chi connectivity index (χ1v) is 6.39. The van der Waals surface area contributed by atoms with E-state index in [1.54, 1.807) is 7.11 Å². The van der Waals surface area contributed by atoms with Crippen molar-refractivity contribution in [1.29, 1.82) is 0 Å². The van der Waals surface area contributed by atoms with E-state index in [0.717, 1.165) is 22.1 Å². The third-order valence-electron chi connectivity index (χ3n) is 3.24. The van der Waals surface area contributed by atoms with E-state index in [1.165, 1.54) is 7.11 Å². The summed E-state index contributed by atoms with van der Waals surface area (Å²) >= 11 is 0. The van der Waals surface area contributed by atoms with Crippen LogP contribution in [-0.4, -0.2) is 27.0 Å². The Morgan fingerprint density at radius 2 is 1.80 bits per heavy atom. The second-order valence-electron chi connectivity index (χ2n) is 4.56. The zero-order valence-corrected chi connectivity index (χ0v) is 11.9. The van der Waals surface area contributed by atoms with E-state index < -0.39 is 0 Å². The average Bonchev–Trinajstić information content (AvgIpc) is 2.50. The van der Waals surface area contributed by atoms with Crippen molar-refractivity contribution >= 4 is 16.7 Å². The highest BCUT2D eigenvalue weighted by molar-refractivity contribution is 5.86. The lowest BCUT2D eigenvalue weighted by Gasteiger charge is -2.12. The van der Waals surface area contributed by atoms with Crippen molar-refractivity contribution in [2.45, 2.75) is 12.8 Å². The van der Waals surface area contributed by atoms with E-state index >= 15 is 0 Å². The highest BCUT2D eigenvalue weighted by Gasteiger charge is 2.17. The van der Waals surface area contributed by atoms with Gasteiger partial charge in [-0.3, -0.25) is 4.79 Å². The van der Waals surface area contributed by atoms with Crippen molar-refractivity contribution in [1.82, 2.24) is 0 Å². The van der Waals surface area contributed by atoms with Crippen molar-refractivity contribution < 1.29 is 19.0 Å². The van der Waals surface area contributed by atoms with Crippen LogP contribution >= 0.6 is 0 Å². The number of ether oxygens (including phenoxy) is 3. The zero-order chi connectivity index (χ0) is 14.5. The first-order valence-electron chi connectivity index (χ1n) is 6.39. The van der Waals surface area contributed by atoms with E-state index in [2.05, 4.69) is 0 Å². The predicted octanol–water partition coefficient (Wildman–Crippen LogP) is 3.10. The van der Waals surface area contributed by atoms with Crippen LogP contribution in [0.15, 0.2) is 36.4 Å². The van der Waals surface area contributed by atoms with Crippen molar-refractivity contribution in [2.24, 2.45) is 0 Å². The molecule has 1 atom stereocenters. The van der Waals surface area contributed by atoms with Crippen molar-refractivity contribution in [3.05, 3.63) is 42.0 Å². The highest BCUT2D eigenvalue weighted by Crippen LogP contribution is 2.25. The maximum Gasteiger partial charge on any atom is 0.315 e. The van der Waals surface area contributed by atoms with Crippen LogP contribution in [0.3, 0.4) is 0 Å². The van der Waals surface area contributed by atoms with Gasteiger partial charge in [-0.1, -0.05) is 24.3 Å². The SMILES string of the molecule is COCOC(=O)C(C)c1ccc2cc(OC)ccc2c1. The monoisotopic (exact) mass is 274 g/mol. The number of carbonyl (C=O) groups excluding carboxylic acids is 1. The van der Waals surface area contributed by atoms with E-state index in [1.807, 2.05) is 43.3 Å². The van der Waals surface area contributed by atoms with Crippen LogP contribution in [0.5, 0.6) is 5.75 Å². The molecule has 0 aliphatic heterocycles. The summed E-state index contributed by atoms with van der Waals surface area (Å²) in [6, 6.07) is 11.7. The van der Waals surface area contributed by atoms with Gasteiger partial charge in [0.05, 0.1) is 13.0 Å². The summed E-state index contributed by atoms with van der Waals surface area (Å²) < 4.78 is 14.9. The number of esters is 1. The molecule has 0 aromatic heterocycles. The average molecular weight is 274 g/mol. The Labute approximate surface area is 118 Å². The number of carbonyl (C=O) groups is 1. The molecule has 0 N–H and O–H groups in total. The number of benzene rings is 2. The smallest absolute Gasteiger partial charge is 0.315 e. The van der Waals surface area contributed by atoms with Crippen LogP contribution in [0.25, 0.3) is 10.8 Å². The first-order chi connectivity index (χ1) is 9.65. The van der Waals surface area contributed by atoms with Gasteiger partial charge in [0.1, 0.15) is 5.75 Å². The van der Waals surface area contributed by atoms with Crippen LogP contribution in [-0.2, 0) is 14.3 Å². The zero-order valence-electron chi connectivity index (χ0n) is 11.9. The van der Waals surface area contributed by atoms with Gasteiger partial charge >= 0.3 is 5.97 Å². The van der Waals surface area contributed by atoms with Crippen LogP contribution in [0.2, 0.25) is 0 Å². The molecule has 106 valence electrons. The molecule has 4 heteroatoms. The molecule has 0 fully saturated rings. The molecule has 2 rings (SSSR count). The third-order valence-corrected chi connectivity index (χ3v) is 3.24. The molecule has 2 aromatic carbocycles. The second kappa shape index (κ2) is 6.39. The normalized spacial score (nSPS) is 12.2. The molecule has 0 saturated carbocycles. The molecule has 0 radical (unpaired) electrons. The summed E-state index contributed by atoms with van der Waals surface area (Å²) in [6.07, 6.45) is 0. The molecule has 0 aliphatic carbocycles. The van der Waals surface area contributed by atoms with Gasteiger partial charge in [0.15, 0.2) is 6.79 Å². The molecule has 0 saturated heterocycles. The van der Waals surface area contributed by atoms with Crippen LogP contribution in [0.4, 0.5) is 0 Å². The molecule has 2 aromatic rings. The fraction of sp³-hybridized carbons (Fsp3) is 0.312. The van der Waals surface area contributed by atoms with Crippen LogP contribution in [0, 0.1) is 0 Å². The van der Waals surface area contributed by atoms with Crippen LogP contribution in [0.1, 0.15) is 18.4 Å². The number of fused-ring (bicyclic) bond motifs is 1. The van der Waals surface area contributed by atoms with Crippen LogP contribution < -0.4 is 4.74 Å². The quantitative estimate of drug-likeness (QED) is 0.621. The maximum absolute atomic E-state index is 11.8. The first kappa shape index (κ1) is 14.3. The molecule has 0 heterocycles. The Balaban J connectivity index is 2.25. The molecular formula is C16H18O4. The summed E-state index contributed by atoms with van der Waals surface area (Å²) in [5.41, 5.74) is 0.920. The second-order valence-corrected chi connectivity index (χ2v) is 4.56. The number of rotatable bonds is 5. The lowest BCUT2D eigenvalue weighted by molar-refractivity contribution is -0.155. The van der Waals surface area contributed by atoms with Gasteiger partial charge in [0.2, 0.25) is 0 Å². The summed E-state index contributed by atoms with van der Waals surface area (Å²) in [6.45, 7) is 1.80. The maximum atomic E-state index is 11.8. The van der Waals surface area contributed by atoms with Gasteiger partial charge in [-0.2, -0.15) is 0 Å². The molecule has 0 bridgehead atoms. The van der Waals surface area contributed by atoms with E-state index in [9.17, 15) is 4.79 Å². The summed E-state index contributed by atoms with van der Waals surface area (Å²) in [5, 5.41) is 2.14. The van der Waals surface area contributed by atoms with E-state index in [4.69, 9.17) is 14.2 Å². The molecule has 1 unspecified atom stereocenters. The van der Waals surface area contributed by atoms with E-state index in [0.29, 0.717) is 0 Å². The fourth-order valence-corrected chi connectivity index (χ4v) is 2.02.